The first-order valence-corrected chi connectivity index (χ1v) is 7.80. The van der Waals surface area contributed by atoms with Gasteiger partial charge in [0, 0.05) is 31.2 Å². The number of nitrogens with zero attached hydrogens (tertiary/aromatic N) is 1. The van der Waals surface area contributed by atoms with E-state index < -0.39 is 0 Å². The van der Waals surface area contributed by atoms with Crippen molar-refractivity contribution in [3.63, 3.8) is 0 Å². The SMILES string of the molecule is Cc1ccc(OCC2CN(C)CCO2)c(CNC(C)C)c1. The van der Waals surface area contributed by atoms with E-state index in [4.69, 9.17) is 9.47 Å². The molecular weight excluding hydrogens is 264 g/mol. The minimum Gasteiger partial charge on any atom is -0.490 e. The van der Waals surface area contributed by atoms with E-state index >= 15 is 0 Å². The largest absolute Gasteiger partial charge is 0.490 e. The molecule has 0 bridgehead atoms. The monoisotopic (exact) mass is 292 g/mol. The van der Waals surface area contributed by atoms with Crippen molar-refractivity contribution in [1.29, 1.82) is 0 Å². The van der Waals surface area contributed by atoms with Crippen LogP contribution in [0.25, 0.3) is 0 Å². The number of morpholine rings is 1. The van der Waals surface area contributed by atoms with Crippen LogP contribution in [-0.4, -0.2) is 50.4 Å². The van der Waals surface area contributed by atoms with Crippen molar-refractivity contribution in [3.05, 3.63) is 29.3 Å². The molecule has 1 aliphatic rings. The van der Waals surface area contributed by atoms with Gasteiger partial charge in [-0.25, -0.2) is 0 Å². The highest BCUT2D eigenvalue weighted by molar-refractivity contribution is 5.36. The number of hydrogen-bond donors (Lipinski definition) is 1. The normalized spacial score (nSPS) is 20.0. The van der Waals surface area contributed by atoms with Crippen LogP contribution in [0, 0.1) is 6.92 Å². The lowest BCUT2D eigenvalue weighted by atomic mass is 10.1. The first-order valence-electron chi connectivity index (χ1n) is 7.80. The zero-order chi connectivity index (χ0) is 15.2. The summed E-state index contributed by atoms with van der Waals surface area (Å²) in [5.41, 5.74) is 2.48. The van der Waals surface area contributed by atoms with E-state index in [0.717, 1.165) is 32.0 Å². The van der Waals surface area contributed by atoms with Crippen molar-refractivity contribution >= 4 is 0 Å². The van der Waals surface area contributed by atoms with Gasteiger partial charge < -0.3 is 19.7 Å². The van der Waals surface area contributed by atoms with Crippen molar-refractivity contribution in [2.24, 2.45) is 0 Å². The highest BCUT2D eigenvalue weighted by Gasteiger charge is 2.18. The number of ether oxygens (including phenoxy) is 2. The lowest BCUT2D eigenvalue weighted by molar-refractivity contribution is -0.0404. The van der Waals surface area contributed by atoms with E-state index in [1.54, 1.807) is 0 Å². The molecule has 1 saturated heterocycles. The van der Waals surface area contributed by atoms with E-state index in [1.165, 1.54) is 11.1 Å². The molecule has 0 radical (unpaired) electrons. The number of nitrogens with one attached hydrogen (secondary N) is 1. The van der Waals surface area contributed by atoms with E-state index in [-0.39, 0.29) is 6.10 Å². The zero-order valence-electron chi connectivity index (χ0n) is 13.7. The van der Waals surface area contributed by atoms with E-state index in [1.807, 2.05) is 0 Å². The number of rotatable bonds is 6. The fraction of sp³-hybridized carbons (Fsp3) is 0.647. The molecule has 1 aromatic carbocycles. The molecule has 1 unspecified atom stereocenters. The molecule has 4 nitrogen and oxygen atoms in total. The maximum Gasteiger partial charge on any atom is 0.123 e. The van der Waals surface area contributed by atoms with Crippen LogP contribution in [0.1, 0.15) is 25.0 Å². The molecule has 21 heavy (non-hydrogen) atoms. The van der Waals surface area contributed by atoms with Crippen molar-refractivity contribution < 1.29 is 9.47 Å². The smallest absolute Gasteiger partial charge is 0.123 e. The van der Waals surface area contributed by atoms with Gasteiger partial charge in [-0.15, -0.1) is 0 Å². The maximum atomic E-state index is 6.02. The average Bonchev–Trinajstić information content (AvgIpc) is 2.44. The van der Waals surface area contributed by atoms with Gasteiger partial charge in [-0.1, -0.05) is 31.5 Å². The molecule has 0 saturated carbocycles. The topological polar surface area (TPSA) is 33.7 Å². The van der Waals surface area contributed by atoms with E-state index in [2.05, 4.69) is 56.2 Å². The summed E-state index contributed by atoms with van der Waals surface area (Å²) in [5, 5.41) is 3.45. The summed E-state index contributed by atoms with van der Waals surface area (Å²) in [4.78, 5) is 2.29. The number of hydrogen-bond acceptors (Lipinski definition) is 4. The molecule has 0 aliphatic carbocycles. The Labute approximate surface area is 128 Å². The molecule has 1 fully saturated rings. The van der Waals surface area contributed by atoms with Gasteiger partial charge >= 0.3 is 0 Å². The van der Waals surface area contributed by atoms with Crippen molar-refractivity contribution in [1.82, 2.24) is 10.2 Å². The Morgan fingerprint density at radius 2 is 2.24 bits per heavy atom. The second kappa shape index (κ2) is 7.78. The lowest BCUT2D eigenvalue weighted by Crippen LogP contribution is -2.42. The van der Waals surface area contributed by atoms with Gasteiger partial charge in [0.2, 0.25) is 0 Å². The van der Waals surface area contributed by atoms with Crippen molar-refractivity contribution in [2.45, 2.75) is 39.5 Å². The van der Waals surface area contributed by atoms with Gasteiger partial charge in [-0.05, 0) is 20.0 Å². The quantitative estimate of drug-likeness (QED) is 0.871. The van der Waals surface area contributed by atoms with Crippen LogP contribution in [0.4, 0.5) is 0 Å². The molecule has 4 heteroatoms. The Balaban J connectivity index is 1.94. The third kappa shape index (κ3) is 5.30. The molecule has 0 amide bonds. The molecule has 2 rings (SSSR count). The molecule has 1 N–H and O–H groups in total. The van der Waals surface area contributed by atoms with Crippen molar-refractivity contribution in [2.75, 3.05) is 33.4 Å². The van der Waals surface area contributed by atoms with Crippen LogP contribution in [0.2, 0.25) is 0 Å². The molecular formula is C17H28N2O2. The third-order valence-electron chi connectivity index (χ3n) is 3.68. The van der Waals surface area contributed by atoms with Gasteiger partial charge in [0.05, 0.1) is 6.61 Å². The number of likely N-dealkylation sites (N-methyl/N-ethyl adjacent to an activating group) is 1. The van der Waals surface area contributed by atoms with E-state index in [0.29, 0.717) is 12.6 Å². The Bertz CT molecular complexity index is 448. The molecule has 1 heterocycles. The van der Waals surface area contributed by atoms with Crippen LogP contribution in [0.5, 0.6) is 5.75 Å². The van der Waals surface area contributed by atoms with Gasteiger partial charge in [-0.2, -0.15) is 0 Å². The number of aryl methyl sites for hydroxylation is 1. The van der Waals surface area contributed by atoms with Gasteiger partial charge in [0.15, 0.2) is 0 Å². The first-order chi connectivity index (χ1) is 10.0. The summed E-state index contributed by atoms with van der Waals surface area (Å²) < 4.78 is 11.8. The summed E-state index contributed by atoms with van der Waals surface area (Å²) in [6.45, 7) is 10.6. The summed E-state index contributed by atoms with van der Waals surface area (Å²) in [6.07, 6.45) is 0.163. The fourth-order valence-corrected chi connectivity index (χ4v) is 2.45. The highest BCUT2D eigenvalue weighted by atomic mass is 16.5. The summed E-state index contributed by atoms with van der Waals surface area (Å²) in [5.74, 6) is 0.963. The molecule has 0 aromatic heterocycles. The molecule has 1 aromatic rings. The minimum atomic E-state index is 0.163. The first kappa shape index (κ1) is 16.3. The summed E-state index contributed by atoms with van der Waals surface area (Å²) in [7, 11) is 2.12. The predicted octanol–water partition coefficient (Wildman–Crippen LogP) is 2.20. The third-order valence-corrected chi connectivity index (χ3v) is 3.68. The van der Waals surface area contributed by atoms with E-state index in [9.17, 15) is 0 Å². The van der Waals surface area contributed by atoms with Crippen molar-refractivity contribution in [3.8, 4) is 5.75 Å². The average molecular weight is 292 g/mol. The predicted molar refractivity (Wildman–Crippen MR) is 85.9 cm³/mol. The standard InChI is InChI=1S/C17H28N2O2/c1-13(2)18-10-15-9-14(3)5-6-17(15)21-12-16-11-19(4)7-8-20-16/h5-6,9,13,16,18H,7-8,10-12H2,1-4H3. The second-order valence-corrected chi connectivity index (χ2v) is 6.21. The molecule has 1 aliphatic heterocycles. The summed E-state index contributed by atoms with van der Waals surface area (Å²) >= 11 is 0. The Kier molecular flexibility index (Phi) is 6.03. The zero-order valence-corrected chi connectivity index (χ0v) is 13.7. The molecule has 118 valence electrons. The van der Waals surface area contributed by atoms with Crippen LogP contribution >= 0.6 is 0 Å². The van der Waals surface area contributed by atoms with Crippen LogP contribution in [-0.2, 0) is 11.3 Å². The minimum absolute atomic E-state index is 0.163. The van der Waals surface area contributed by atoms with Gasteiger partial charge in [0.25, 0.3) is 0 Å². The van der Waals surface area contributed by atoms with Crippen LogP contribution < -0.4 is 10.1 Å². The highest BCUT2D eigenvalue weighted by Crippen LogP contribution is 2.21. The molecule has 0 spiro atoms. The van der Waals surface area contributed by atoms with Gasteiger partial charge in [-0.3, -0.25) is 0 Å². The van der Waals surface area contributed by atoms with Crippen LogP contribution in [0.15, 0.2) is 18.2 Å². The Morgan fingerprint density at radius 3 is 2.95 bits per heavy atom. The second-order valence-electron chi connectivity index (χ2n) is 6.21. The fourth-order valence-electron chi connectivity index (χ4n) is 2.45. The maximum absolute atomic E-state index is 6.02. The summed E-state index contributed by atoms with van der Waals surface area (Å²) in [6, 6.07) is 6.83. The Hall–Kier alpha value is -1.10. The lowest BCUT2D eigenvalue weighted by Gasteiger charge is -2.30. The van der Waals surface area contributed by atoms with Gasteiger partial charge in [0.1, 0.15) is 18.5 Å². The number of benzene rings is 1. The Morgan fingerprint density at radius 1 is 1.43 bits per heavy atom. The molecule has 1 atom stereocenters. The van der Waals surface area contributed by atoms with Crippen LogP contribution in [0.3, 0.4) is 0 Å².